The lowest BCUT2D eigenvalue weighted by atomic mass is 10.3. The van der Waals surface area contributed by atoms with E-state index in [0.29, 0.717) is 17.4 Å². The van der Waals surface area contributed by atoms with Gasteiger partial charge in [0, 0.05) is 13.1 Å². The molecule has 18 heavy (non-hydrogen) atoms. The van der Waals surface area contributed by atoms with E-state index in [0.717, 1.165) is 19.5 Å². The van der Waals surface area contributed by atoms with Crippen LogP contribution in [0.15, 0.2) is 12.4 Å². The Morgan fingerprint density at radius 3 is 2.94 bits per heavy atom. The summed E-state index contributed by atoms with van der Waals surface area (Å²) in [6.07, 6.45) is 6.37. The molecule has 1 aromatic rings. The lowest BCUT2D eigenvalue weighted by Crippen LogP contribution is -2.34. The van der Waals surface area contributed by atoms with E-state index >= 15 is 0 Å². The van der Waals surface area contributed by atoms with Gasteiger partial charge in [-0.25, -0.2) is 10.8 Å². The van der Waals surface area contributed by atoms with Gasteiger partial charge < -0.3 is 10.3 Å². The summed E-state index contributed by atoms with van der Waals surface area (Å²) in [5.74, 6) is 6.28. The number of aromatic nitrogens is 2. The molecule has 0 spiro atoms. The van der Waals surface area contributed by atoms with Crippen molar-refractivity contribution in [2.24, 2.45) is 11.8 Å². The van der Waals surface area contributed by atoms with Gasteiger partial charge in [0.1, 0.15) is 5.69 Å². The Hall–Kier alpha value is -1.69. The first-order chi connectivity index (χ1) is 8.74. The van der Waals surface area contributed by atoms with E-state index in [1.54, 1.807) is 0 Å². The number of hydrazine groups is 1. The van der Waals surface area contributed by atoms with Gasteiger partial charge >= 0.3 is 0 Å². The first kappa shape index (κ1) is 12.8. The summed E-state index contributed by atoms with van der Waals surface area (Å²) in [6.45, 7) is 3.66. The standard InChI is InChI=1S/C12H19N5O/c1-2-5-17(8-9-3-4-9)12(18)10-6-14-7-11(15-10)16-13/h6-7,9H,2-5,8,13H2,1H3,(H,15,16). The molecule has 0 radical (unpaired) electrons. The highest BCUT2D eigenvalue weighted by Gasteiger charge is 2.27. The zero-order valence-electron chi connectivity index (χ0n) is 10.6. The Morgan fingerprint density at radius 1 is 1.56 bits per heavy atom. The predicted octanol–water partition coefficient (Wildman–Crippen LogP) is 1.02. The summed E-state index contributed by atoms with van der Waals surface area (Å²) in [4.78, 5) is 22.3. The second-order valence-electron chi connectivity index (χ2n) is 4.63. The molecule has 1 aromatic heterocycles. The van der Waals surface area contributed by atoms with Gasteiger partial charge in [0.2, 0.25) is 0 Å². The molecule has 1 aliphatic rings. The first-order valence-corrected chi connectivity index (χ1v) is 6.32. The van der Waals surface area contributed by atoms with E-state index in [-0.39, 0.29) is 5.91 Å². The number of amides is 1. The number of carbonyl (C=O) groups is 1. The summed E-state index contributed by atoms with van der Waals surface area (Å²) in [6, 6.07) is 0. The van der Waals surface area contributed by atoms with Crippen molar-refractivity contribution >= 4 is 11.7 Å². The molecular weight excluding hydrogens is 230 g/mol. The quantitative estimate of drug-likeness (QED) is 0.581. The molecule has 1 aliphatic carbocycles. The van der Waals surface area contributed by atoms with Crippen LogP contribution in [0.25, 0.3) is 0 Å². The summed E-state index contributed by atoms with van der Waals surface area (Å²) in [5, 5.41) is 0. The topological polar surface area (TPSA) is 84.1 Å². The second kappa shape index (κ2) is 5.77. The largest absolute Gasteiger partial charge is 0.337 e. The molecular formula is C12H19N5O. The Morgan fingerprint density at radius 2 is 2.33 bits per heavy atom. The summed E-state index contributed by atoms with van der Waals surface area (Å²) in [7, 11) is 0. The highest BCUT2D eigenvalue weighted by Crippen LogP contribution is 2.30. The third-order valence-corrected chi connectivity index (χ3v) is 2.96. The Balaban J connectivity index is 2.09. The zero-order chi connectivity index (χ0) is 13.0. The Bertz CT molecular complexity index is 419. The Kier molecular flexibility index (Phi) is 4.09. The number of carbonyl (C=O) groups excluding carboxylic acids is 1. The normalized spacial score (nSPS) is 14.3. The van der Waals surface area contributed by atoms with Crippen LogP contribution in [-0.4, -0.2) is 33.9 Å². The molecule has 6 nitrogen and oxygen atoms in total. The van der Waals surface area contributed by atoms with E-state index < -0.39 is 0 Å². The first-order valence-electron chi connectivity index (χ1n) is 6.32. The lowest BCUT2D eigenvalue weighted by Gasteiger charge is -2.21. The number of nitrogens with one attached hydrogen (secondary N) is 1. The zero-order valence-corrected chi connectivity index (χ0v) is 10.6. The fourth-order valence-electron chi connectivity index (χ4n) is 1.86. The van der Waals surface area contributed by atoms with Crippen LogP contribution in [-0.2, 0) is 0 Å². The maximum Gasteiger partial charge on any atom is 0.274 e. The van der Waals surface area contributed by atoms with Gasteiger partial charge in [0.15, 0.2) is 5.82 Å². The van der Waals surface area contributed by atoms with Gasteiger partial charge in [0.05, 0.1) is 12.4 Å². The predicted molar refractivity (Wildman–Crippen MR) is 68.8 cm³/mol. The monoisotopic (exact) mass is 249 g/mol. The van der Waals surface area contributed by atoms with Gasteiger partial charge in [-0.1, -0.05) is 6.92 Å². The van der Waals surface area contributed by atoms with Crippen molar-refractivity contribution in [1.82, 2.24) is 14.9 Å². The Labute approximate surface area is 107 Å². The van der Waals surface area contributed by atoms with Crippen molar-refractivity contribution < 1.29 is 4.79 Å². The van der Waals surface area contributed by atoms with E-state index in [1.165, 1.54) is 25.2 Å². The third-order valence-electron chi connectivity index (χ3n) is 2.96. The molecule has 2 rings (SSSR count). The van der Waals surface area contributed by atoms with E-state index in [4.69, 9.17) is 5.84 Å². The van der Waals surface area contributed by atoms with Gasteiger partial charge in [-0.2, -0.15) is 0 Å². The molecule has 6 heteroatoms. The molecule has 1 amide bonds. The van der Waals surface area contributed by atoms with Crippen molar-refractivity contribution in [2.45, 2.75) is 26.2 Å². The van der Waals surface area contributed by atoms with Gasteiger partial charge in [0.25, 0.3) is 5.91 Å². The van der Waals surface area contributed by atoms with Crippen LogP contribution in [0.4, 0.5) is 5.82 Å². The fourth-order valence-corrected chi connectivity index (χ4v) is 1.86. The highest BCUT2D eigenvalue weighted by molar-refractivity contribution is 5.92. The summed E-state index contributed by atoms with van der Waals surface area (Å²) < 4.78 is 0. The van der Waals surface area contributed by atoms with Crippen LogP contribution in [0, 0.1) is 5.92 Å². The number of hydrogen-bond donors (Lipinski definition) is 2. The van der Waals surface area contributed by atoms with Gasteiger partial charge in [-0.3, -0.25) is 9.78 Å². The summed E-state index contributed by atoms with van der Waals surface area (Å²) in [5.41, 5.74) is 2.75. The average molecular weight is 249 g/mol. The second-order valence-corrected chi connectivity index (χ2v) is 4.63. The molecule has 0 bridgehead atoms. The maximum atomic E-state index is 12.3. The van der Waals surface area contributed by atoms with Crippen LogP contribution < -0.4 is 11.3 Å². The van der Waals surface area contributed by atoms with E-state index in [9.17, 15) is 4.79 Å². The maximum absolute atomic E-state index is 12.3. The molecule has 0 aromatic carbocycles. The molecule has 1 saturated carbocycles. The third kappa shape index (κ3) is 3.16. The smallest absolute Gasteiger partial charge is 0.274 e. The molecule has 1 fully saturated rings. The number of hydrogen-bond acceptors (Lipinski definition) is 5. The number of nitrogen functional groups attached to an aromatic ring is 1. The molecule has 3 N–H and O–H groups in total. The molecule has 1 heterocycles. The van der Waals surface area contributed by atoms with E-state index in [1.807, 2.05) is 4.90 Å². The van der Waals surface area contributed by atoms with Crippen LogP contribution >= 0.6 is 0 Å². The minimum Gasteiger partial charge on any atom is -0.337 e. The summed E-state index contributed by atoms with van der Waals surface area (Å²) >= 11 is 0. The van der Waals surface area contributed by atoms with Crippen LogP contribution in [0.5, 0.6) is 0 Å². The minimum atomic E-state index is -0.0617. The number of nitrogens with two attached hydrogens (primary N) is 1. The van der Waals surface area contributed by atoms with Crippen molar-refractivity contribution in [1.29, 1.82) is 0 Å². The molecule has 0 saturated heterocycles. The highest BCUT2D eigenvalue weighted by atomic mass is 16.2. The molecule has 0 atom stereocenters. The van der Waals surface area contributed by atoms with Crippen molar-refractivity contribution in [3.05, 3.63) is 18.1 Å². The van der Waals surface area contributed by atoms with Crippen molar-refractivity contribution in [3.63, 3.8) is 0 Å². The van der Waals surface area contributed by atoms with Crippen molar-refractivity contribution in [2.75, 3.05) is 18.5 Å². The number of anilines is 1. The fraction of sp³-hybridized carbons (Fsp3) is 0.583. The van der Waals surface area contributed by atoms with E-state index in [2.05, 4.69) is 22.3 Å². The number of nitrogens with zero attached hydrogens (tertiary/aromatic N) is 3. The van der Waals surface area contributed by atoms with Crippen LogP contribution in [0.3, 0.4) is 0 Å². The number of rotatable bonds is 6. The van der Waals surface area contributed by atoms with Crippen LogP contribution in [0.1, 0.15) is 36.7 Å². The van der Waals surface area contributed by atoms with Crippen LogP contribution in [0.2, 0.25) is 0 Å². The lowest BCUT2D eigenvalue weighted by molar-refractivity contribution is 0.0741. The van der Waals surface area contributed by atoms with Gasteiger partial charge in [-0.05, 0) is 25.2 Å². The van der Waals surface area contributed by atoms with Crippen molar-refractivity contribution in [3.8, 4) is 0 Å². The molecule has 0 aliphatic heterocycles. The molecule has 0 unspecified atom stereocenters. The molecule has 98 valence electrons. The SMILES string of the molecule is CCCN(CC1CC1)C(=O)c1cncc(NN)n1. The average Bonchev–Trinajstić information content (AvgIpc) is 3.21. The minimum absolute atomic E-state index is 0.0617. The van der Waals surface area contributed by atoms with Gasteiger partial charge in [-0.15, -0.1) is 0 Å².